The van der Waals surface area contributed by atoms with Crippen LogP contribution >= 0.6 is 0 Å². The third-order valence-electron chi connectivity index (χ3n) is 11.7. The molecule has 3 nitrogen and oxygen atoms in total. The van der Waals surface area contributed by atoms with E-state index in [1.165, 1.54) is 43.3 Å². The highest BCUT2D eigenvalue weighted by Gasteiger charge is 2.50. The summed E-state index contributed by atoms with van der Waals surface area (Å²) in [7, 11) is -3.87. The number of fused-ring (bicyclic) bond motifs is 1. The van der Waals surface area contributed by atoms with E-state index >= 15 is 0 Å². The standard InChI is InChI=1S/C34H62O3Si2/c1-24(23-35)29-18-19-30-26(15-14-20-34(29,30)9)16-17-27-21-28(36-38(10,11)32(3,4)5)22-31(25(27)2)37-39(12,13)33(6,7)8/h16-17,24,28-31,35H,2,14-15,18-23H2,1,3-13H3/b26-16+,27-17+/t24-,28-,29-,30+,31-,34-/m1/s1. The van der Waals surface area contributed by atoms with Crippen LogP contribution < -0.4 is 0 Å². The molecule has 0 aromatic carbocycles. The second-order valence-electron chi connectivity index (χ2n) is 16.5. The largest absolute Gasteiger partial charge is 0.413 e. The van der Waals surface area contributed by atoms with Crippen molar-refractivity contribution in [3.63, 3.8) is 0 Å². The molecule has 5 heteroatoms. The van der Waals surface area contributed by atoms with Gasteiger partial charge < -0.3 is 14.0 Å². The highest BCUT2D eigenvalue weighted by Crippen LogP contribution is 2.59. The van der Waals surface area contributed by atoms with E-state index in [4.69, 9.17) is 8.85 Å². The van der Waals surface area contributed by atoms with Gasteiger partial charge in [0, 0.05) is 13.0 Å². The number of hydrogen-bond acceptors (Lipinski definition) is 3. The Hall–Kier alpha value is -0.466. The average Bonchev–Trinajstić information content (AvgIpc) is 3.15. The van der Waals surface area contributed by atoms with Crippen molar-refractivity contribution in [1.82, 2.24) is 0 Å². The zero-order chi connectivity index (χ0) is 29.6. The van der Waals surface area contributed by atoms with Gasteiger partial charge in [-0.3, -0.25) is 0 Å². The third kappa shape index (κ3) is 6.96. The van der Waals surface area contributed by atoms with Crippen LogP contribution in [-0.2, 0) is 8.85 Å². The predicted molar refractivity (Wildman–Crippen MR) is 173 cm³/mol. The molecule has 3 saturated carbocycles. The van der Waals surface area contributed by atoms with Crippen molar-refractivity contribution >= 4 is 16.6 Å². The quantitative estimate of drug-likeness (QED) is 0.308. The Morgan fingerprint density at radius 2 is 1.59 bits per heavy atom. The topological polar surface area (TPSA) is 38.7 Å². The lowest BCUT2D eigenvalue weighted by atomic mass is 9.61. The van der Waals surface area contributed by atoms with Gasteiger partial charge in [-0.05, 0) is 109 Å². The smallest absolute Gasteiger partial charge is 0.192 e. The monoisotopic (exact) mass is 574 g/mol. The van der Waals surface area contributed by atoms with E-state index in [0.29, 0.717) is 29.8 Å². The summed E-state index contributed by atoms with van der Waals surface area (Å²) in [5, 5.41) is 10.3. The average molecular weight is 575 g/mol. The minimum absolute atomic E-state index is 0.0250. The number of aliphatic hydroxyl groups excluding tert-OH is 1. The molecule has 0 amide bonds. The van der Waals surface area contributed by atoms with Crippen LogP contribution in [-0.4, -0.2) is 40.6 Å². The normalized spacial score (nSPS) is 34.0. The molecule has 0 radical (unpaired) electrons. The van der Waals surface area contributed by atoms with Crippen molar-refractivity contribution in [2.45, 2.75) is 149 Å². The number of rotatable bonds is 7. The molecule has 0 spiro atoms. The summed E-state index contributed by atoms with van der Waals surface area (Å²) in [6.45, 7) is 33.1. The van der Waals surface area contributed by atoms with Crippen LogP contribution in [0.25, 0.3) is 0 Å². The Morgan fingerprint density at radius 3 is 2.15 bits per heavy atom. The molecule has 0 aromatic rings. The lowest BCUT2D eigenvalue weighted by molar-refractivity contribution is 0.0690. The molecule has 3 fully saturated rings. The van der Waals surface area contributed by atoms with Crippen LogP contribution in [0.2, 0.25) is 36.3 Å². The fourth-order valence-electron chi connectivity index (χ4n) is 7.11. The molecule has 39 heavy (non-hydrogen) atoms. The van der Waals surface area contributed by atoms with Crippen molar-refractivity contribution < 1.29 is 14.0 Å². The molecule has 0 aliphatic heterocycles. The Bertz CT molecular complexity index is 948. The van der Waals surface area contributed by atoms with Gasteiger partial charge in [-0.1, -0.05) is 79.7 Å². The van der Waals surface area contributed by atoms with Crippen LogP contribution in [0.15, 0.2) is 35.5 Å². The van der Waals surface area contributed by atoms with Gasteiger partial charge in [0.2, 0.25) is 0 Å². The second kappa shape index (κ2) is 11.7. The van der Waals surface area contributed by atoms with E-state index in [1.54, 1.807) is 5.57 Å². The summed E-state index contributed by atoms with van der Waals surface area (Å²) in [5.74, 6) is 1.65. The second-order valence-corrected chi connectivity index (χ2v) is 26.0. The van der Waals surface area contributed by atoms with Crippen LogP contribution in [0, 0.1) is 23.2 Å². The van der Waals surface area contributed by atoms with E-state index in [2.05, 4.69) is 100 Å². The number of hydrogen-bond donors (Lipinski definition) is 1. The van der Waals surface area contributed by atoms with Gasteiger partial charge in [-0.25, -0.2) is 0 Å². The summed E-state index contributed by atoms with van der Waals surface area (Å²) in [5.41, 5.74) is 4.43. The van der Waals surface area contributed by atoms with Gasteiger partial charge in [0.15, 0.2) is 16.6 Å². The highest BCUT2D eigenvalue weighted by atomic mass is 28.4. The van der Waals surface area contributed by atoms with Crippen molar-refractivity contribution in [1.29, 1.82) is 0 Å². The SMILES string of the molecule is C=C1/C(=C/C=C2\CCC[C@]3(C)[C@@H]([C@H](C)CO)CC[C@@H]23)C[C@@H](O[Si](C)(C)C(C)(C)C)C[C@H]1O[Si](C)(C)C(C)(C)C. The van der Waals surface area contributed by atoms with Gasteiger partial charge >= 0.3 is 0 Å². The lowest BCUT2D eigenvalue weighted by Crippen LogP contribution is -2.49. The highest BCUT2D eigenvalue weighted by molar-refractivity contribution is 6.74. The minimum Gasteiger partial charge on any atom is -0.413 e. The Morgan fingerprint density at radius 1 is 1.00 bits per heavy atom. The van der Waals surface area contributed by atoms with Crippen LogP contribution in [0.5, 0.6) is 0 Å². The molecule has 3 aliphatic carbocycles. The van der Waals surface area contributed by atoms with Gasteiger partial charge in [0.05, 0.1) is 12.2 Å². The van der Waals surface area contributed by atoms with Gasteiger partial charge in [0.1, 0.15) is 0 Å². The van der Waals surface area contributed by atoms with Gasteiger partial charge in [0.25, 0.3) is 0 Å². The number of allylic oxidation sites excluding steroid dienone is 3. The molecule has 0 unspecified atom stereocenters. The van der Waals surface area contributed by atoms with Crippen molar-refractivity contribution in [2.24, 2.45) is 23.2 Å². The summed E-state index contributed by atoms with van der Waals surface area (Å²) < 4.78 is 14.1. The van der Waals surface area contributed by atoms with E-state index < -0.39 is 16.6 Å². The van der Waals surface area contributed by atoms with E-state index in [9.17, 15) is 5.11 Å². The molecule has 0 saturated heterocycles. The summed E-state index contributed by atoms with van der Waals surface area (Å²) >= 11 is 0. The first-order valence-corrected chi connectivity index (χ1v) is 21.6. The first kappa shape index (κ1) is 33.0. The molecular weight excluding hydrogens is 513 g/mol. The van der Waals surface area contributed by atoms with Crippen LogP contribution in [0.3, 0.4) is 0 Å². The maximum Gasteiger partial charge on any atom is 0.192 e. The van der Waals surface area contributed by atoms with Gasteiger partial charge in [-0.15, -0.1) is 0 Å². The minimum atomic E-state index is -1.96. The third-order valence-corrected chi connectivity index (χ3v) is 20.8. The summed E-state index contributed by atoms with van der Waals surface area (Å²) in [4.78, 5) is 0. The molecule has 0 bridgehead atoms. The predicted octanol–water partition coefficient (Wildman–Crippen LogP) is 9.81. The molecule has 3 aliphatic rings. The fraction of sp³-hybridized carbons (Fsp3) is 0.824. The Labute approximate surface area is 244 Å². The molecular formula is C34H62O3Si2. The molecule has 224 valence electrons. The maximum absolute atomic E-state index is 9.93. The fourth-order valence-corrected chi connectivity index (χ4v) is 9.78. The van der Waals surface area contributed by atoms with E-state index in [-0.39, 0.29) is 22.3 Å². The molecule has 6 atom stereocenters. The maximum atomic E-state index is 9.93. The van der Waals surface area contributed by atoms with Crippen molar-refractivity contribution in [3.8, 4) is 0 Å². The lowest BCUT2D eigenvalue weighted by Gasteiger charge is -2.45. The summed E-state index contributed by atoms with van der Waals surface area (Å²) in [6.07, 6.45) is 13.2. The number of aliphatic hydroxyl groups is 1. The molecule has 3 rings (SSSR count). The first-order valence-electron chi connectivity index (χ1n) is 15.8. The Balaban J connectivity index is 1.93. The molecule has 0 aromatic heterocycles. The van der Waals surface area contributed by atoms with Crippen LogP contribution in [0.1, 0.15) is 100 Å². The first-order chi connectivity index (χ1) is 17.7. The molecule has 0 heterocycles. The summed E-state index contributed by atoms with van der Waals surface area (Å²) in [6, 6.07) is 0. The van der Waals surface area contributed by atoms with E-state index in [0.717, 1.165) is 12.8 Å². The van der Waals surface area contributed by atoms with Crippen molar-refractivity contribution in [2.75, 3.05) is 6.61 Å². The Kier molecular flexibility index (Phi) is 9.88. The van der Waals surface area contributed by atoms with Crippen LogP contribution in [0.4, 0.5) is 0 Å². The van der Waals surface area contributed by atoms with E-state index in [1.807, 2.05) is 0 Å². The zero-order valence-corrected chi connectivity index (χ0v) is 29.7. The van der Waals surface area contributed by atoms with Gasteiger partial charge in [-0.2, -0.15) is 0 Å². The molecule has 1 N–H and O–H groups in total. The zero-order valence-electron chi connectivity index (χ0n) is 27.7. The van der Waals surface area contributed by atoms with Crippen molar-refractivity contribution in [3.05, 3.63) is 35.5 Å².